The molecule has 1 aliphatic rings. The Morgan fingerprint density at radius 1 is 1.44 bits per heavy atom. The van der Waals surface area contributed by atoms with Crippen molar-refractivity contribution in [3.8, 4) is 10.6 Å². The van der Waals surface area contributed by atoms with Crippen molar-refractivity contribution in [1.29, 1.82) is 0 Å². The van der Waals surface area contributed by atoms with Crippen LogP contribution in [0, 0.1) is 5.92 Å². The van der Waals surface area contributed by atoms with Gasteiger partial charge in [-0.15, -0.1) is 22.7 Å². The second kappa shape index (κ2) is 6.92. The number of aromatic amines is 1. The summed E-state index contributed by atoms with van der Waals surface area (Å²) in [6.45, 7) is 2.27. The van der Waals surface area contributed by atoms with Crippen LogP contribution in [0.1, 0.15) is 29.5 Å². The van der Waals surface area contributed by atoms with E-state index in [1.807, 2.05) is 23.6 Å². The van der Waals surface area contributed by atoms with E-state index in [2.05, 4.69) is 17.1 Å². The number of nitrogens with one attached hydrogen (secondary N) is 1. The van der Waals surface area contributed by atoms with Crippen molar-refractivity contribution < 1.29 is 4.52 Å². The predicted molar refractivity (Wildman–Crippen MR) is 111 cm³/mol. The van der Waals surface area contributed by atoms with E-state index in [4.69, 9.17) is 9.51 Å². The van der Waals surface area contributed by atoms with Gasteiger partial charge in [0, 0.05) is 16.7 Å². The molecule has 4 aromatic rings. The number of aromatic nitrogens is 3. The topological polar surface area (TPSA) is 71.8 Å². The van der Waals surface area contributed by atoms with Crippen molar-refractivity contribution in [2.45, 2.75) is 37.1 Å². The monoisotopic (exact) mass is 415 g/mol. The van der Waals surface area contributed by atoms with Gasteiger partial charge in [-0.3, -0.25) is 4.79 Å². The largest absolute Gasteiger partial charge is 0.355 e. The maximum atomic E-state index is 12.7. The van der Waals surface area contributed by atoms with Gasteiger partial charge in [-0.25, -0.2) is 4.98 Å². The van der Waals surface area contributed by atoms with E-state index in [9.17, 15) is 4.79 Å². The minimum absolute atomic E-state index is 0.0195. The zero-order valence-electron chi connectivity index (χ0n) is 14.7. The van der Waals surface area contributed by atoms with Crippen LogP contribution in [0.2, 0.25) is 0 Å². The zero-order chi connectivity index (χ0) is 18.4. The van der Waals surface area contributed by atoms with E-state index in [0.717, 1.165) is 45.8 Å². The van der Waals surface area contributed by atoms with E-state index in [-0.39, 0.29) is 5.56 Å². The van der Waals surface area contributed by atoms with Gasteiger partial charge in [0.05, 0.1) is 16.0 Å². The average Bonchev–Trinajstić information content (AvgIpc) is 3.38. The van der Waals surface area contributed by atoms with Crippen LogP contribution in [0.5, 0.6) is 0 Å². The van der Waals surface area contributed by atoms with Gasteiger partial charge >= 0.3 is 0 Å². The van der Waals surface area contributed by atoms with Gasteiger partial charge in [0.2, 0.25) is 0 Å². The van der Waals surface area contributed by atoms with E-state index in [1.54, 1.807) is 22.7 Å². The Morgan fingerprint density at radius 2 is 2.37 bits per heavy atom. The zero-order valence-corrected chi connectivity index (χ0v) is 17.1. The number of thioether (sulfide) groups is 1. The molecule has 0 bridgehead atoms. The molecular weight excluding hydrogens is 398 g/mol. The van der Waals surface area contributed by atoms with Crippen LogP contribution in [0.25, 0.3) is 20.9 Å². The van der Waals surface area contributed by atoms with Crippen molar-refractivity contribution >= 4 is 44.7 Å². The van der Waals surface area contributed by atoms with Crippen LogP contribution in [-0.4, -0.2) is 15.1 Å². The summed E-state index contributed by atoms with van der Waals surface area (Å²) in [5.41, 5.74) is 2.04. The predicted octanol–water partition coefficient (Wildman–Crippen LogP) is 5.12. The summed E-state index contributed by atoms with van der Waals surface area (Å²) in [6.07, 6.45) is 3.19. The summed E-state index contributed by atoms with van der Waals surface area (Å²) in [5, 5.41) is 7.58. The van der Waals surface area contributed by atoms with Gasteiger partial charge in [0.15, 0.2) is 10.9 Å². The lowest BCUT2D eigenvalue weighted by Gasteiger charge is -2.17. The molecule has 0 radical (unpaired) electrons. The molecule has 0 saturated carbocycles. The van der Waals surface area contributed by atoms with Crippen LogP contribution in [0.15, 0.2) is 38.1 Å². The molecule has 0 aromatic carbocycles. The molecule has 4 heterocycles. The van der Waals surface area contributed by atoms with Crippen molar-refractivity contribution in [1.82, 2.24) is 15.1 Å². The quantitative estimate of drug-likeness (QED) is 0.370. The molecule has 4 aromatic heterocycles. The summed E-state index contributed by atoms with van der Waals surface area (Å²) in [6, 6.07) is 5.94. The van der Waals surface area contributed by atoms with Crippen molar-refractivity contribution in [2.75, 3.05) is 0 Å². The molecule has 0 saturated heterocycles. The molecule has 1 N–H and O–H groups in total. The van der Waals surface area contributed by atoms with Crippen molar-refractivity contribution in [2.24, 2.45) is 5.92 Å². The second-order valence-corrected chi connectivity index (χ2v) is 9.85. The average molecular weight is 416 g/mol. The molecule has 0 fully saturated rings. The smallest absolute Gasteiger partial charge is 0.260 e. The molecule has 5 rings (SSSR count). The summed E-state index contributed by atoms with van der Waals surface area (Å²) >= 11 is 4.78. The molecule has 0 amide bonds. The number of rotatable bonds is 4. The van der Waals surface area contributed by atoms with Crippen LogP contribution < -0.4 is 5.56 Å². The molecule has 27 heavy (non-hydrogen) atoms. The maximum absolute atomic E-state index is 12.7. The van der Waals surface area contributed by atoms with Gasteiger partial charge < -0.3 is 9.51 Å². The highest BCUT2D eigenvalue weighted by atomic mass is 32.2. The fourth-order valence-corrected chi connectivity index (χ4v) is 6.31. The van der Waals surface area contributed by atoms with E-state index in [1.165, 1.54) is 22.2 Å². The maximum Gasteiger partial charge on any atom is 0.260 e. The molecule has 8 heteroatoms. The lowest BCUT2D eigenvalue weighted by atomic mass is 9.89. The Morgan fingerprint density at radius 3 is 3.22 bits per heavy atom. The normalized spacial score (nSPS) is 16.7. The molecule has 5 nitrogen and oxygen atoms in total. The standard InChI is InChI=1S/C19H17N3O2S3/c1-10-4-5-12-15(7-10)27-18-16(12)17(23)20-19(21-18)26-9-11-8-13(24-22-11)14-3-2-6-25-14/h2-3,6,8,10H,4-5,7,9H2,1H3,(H,20,21,23)/t10-/m1/s1. The van der Waals surface area contributed by atoms with Gasteiger partial charge in [0.25, 0.3) is 5.56 Å². The van der Waals surface area contributed by atoms with Crippen LogP contribution in [0.4, 0.5) is 0 Å². The molecule has 0 spiro atoms. The van der Waals surface area contributed by atoms with Gasteiger partial charge in [-0.1, -0.05) is 29.9 Å². The van der Waals surface area contributed by atoms with Gasteiger partial charge in [-0.2, -0.15) is 0 Å². The van der Waals surface area contributed by atoms with Crippen LogP contribution in [0.3, 0.4) is 0 Å². The number of hydrogen-bond acceptors (Lipinski definition) is 7. The number of aryl methyl sites for hydroxylation is 1. The molecule has 138 valence electrons. The molecule has 1 aliphatic carbocycles. The van der Waals surface area contributed by atoms with Gasteiger partial charge in [-0.05, 0) is 42.2 Å². The summed E-state index contributed by atoms with van der Waals surface area (Å²) < 4.78 is 5.41. The first-order valence-electron chi connectivity index (χ1n) is 8.84. The third-order valence-corrected chi connectivity index (χ3v) is 7.76. The Kier molecular flexibility index (Phi) is 4.41. The summed E-state index contributed by atoms with van der Waals surface area (Å²) in [4.78, 5) is 23.6. The number of fused-ring (bicyclic) bond motifs is 3. The first-order valence-corrected chi connectivity index (χ1v) is 11.5. The summed E-state index contributed by atoms with van der Waals surface area (Å²) in [5.74, 6) is 2.06. The van der Waals surface area contributed by atoms with Crippen LogP contribution in [-0.2, 0) is 18.6 Å². The fraction of sp³-hybridized carbons (Fsp3) is 0.316. The summed E-state index contributed by atoms with van der Waals surface area (Å²) in [7, 11) is 0. The van der Waals surface area contributed by atoms with E-state index >= 15 is 0 Å². The third-order valence-electron chi connectivity index (χ3n) is 4.82. The van der Waals surface area contributed by atoms with Crippen LogP contribution >= 0.6 is 34.4 Å². The lowest BCUT2D eigenvalue weighted by Crippen LogP contribution is -2.13. The number of nitrogens with zero attached hydrogens (tertiary/aromatic N) is 2. The lowest BCUT2D eigenvalue weighted by molar-refractivity contribution is 0.427. The van der Waals surface area contributed by atoms with Gasteiger partial charge in [0.1, 0.15) is 4.83 Å². The molecular formula is C19H17N3O2S3. The van der Waals surface area contributed by atoms with E-state index in [0.29, 0.717) is 16.8 Å². The van der Waals surface area contributed by atoms with Crippen molar-refractivity contribution in [3.63, 3.8) is 0 Å². The SMILES string of the molecule is C[C@@H]1CCc2c(sc3nc(SCc4cc(-c5cccs5)on4)[nH]c(=O)c23)C1. The minimum atomic E-state index is -0.0195. The fourth-order valence-electron chi connectivity index (χ4n) is 3.45. The molecule has 0 unspecified atom stereocenters. The first kappa shape index (κ1) is 17.2. The number of thiophene rings is 2. The highest BCUT2D eigenvalue weighted by Gasteiger charge is 2.23. The highest BCUT2D eigenvalue weighted by molar-refractivity contribution is 7.98. The Hall–Kier alpha value is -1.90. The van der Waals surface area contributed by atoms with Crippen molar-refractivity contribution in [3.05, 3.63) is 50.1 Å². The highest BCUT2D eigenvalue weighted by Crippen LogP contribution is 2.36. The Balaban J connectivity index is 1.39. The second-order valence-electron chi connectivity index (χ2n) is 6.85. The first-order chi connectivity index (χ1) is 13.2. The number of hydrogen-bond donors (Lipinski definition) is 1. The van der Waals surface area contributed by atoms with E-state index < -0.39 is 0 Å². The molecule has 0 aliphatic heterocycles. The minimum Gasteiger partial charge on any atom is -0.355 e. The number of H-pyrrole nitrogens is 1. The Bertz CT molecular complexity index is 1160. The molecule has 1 atom stereocenters. The third kappa shape index (κ3) is 3.26. The Labute approximate surface area is 167 Å².